The van der Waals surface area contributed by atoms with Crippen molar-refractivity contribution >= 4 is 0 Å². The minimum absolute atomic E-state index is 0.148. The zero-order chi connectivity index (χ0) is 12.1. The molecular weight excluding hydrogens is 208 g/mol. The lowest BCUT2D eigenvalue weighted by Crippen LogP contribution is -2.45. The Labute approximate surface area is 105 Å². The molecule has 1 saturated carbocycles. The molecule has 1 aliphatic heterocycles. The highest BCUT2D eigenvalue weighted by molar-refractivity contribution is 5.20. The van der Waals surface area contributed by atoms with Crippen molar-refractivity contribution in [3.8, 4) is 0 Å². The van der Waals surface area contributed by atoms with E-state index in [4.69, 9.17) is 4.74 Å². The molecule has 0 bridgehead atoms. The summed E-state index contributed by atoms with van der Waals surface area (Å²) in [7, 11) is 0. The first-order valence-electron chi connectivity index (χ1n) is 7.05. The van der Waals surface area contributed by atoms with Gasteiger partial charge in [-0.1, -0.05) is 25.2 Å². The van der Waals surface area contributed by atoms with Gasteiger partial charge in [-0.3, -0.25) is 0 Å². The molecule has 2 fully saturated rings. The van der Waals surface area contributed by atoms with Gasteiger partial charge in [0.2, 0.25) is 0 Å². The van der Waals surface area contributed by atoms with Crippen molar-refractivity contribution in [2.75, 3.05) is 0 Å². The predicted molar refractivity (Wildman–Crippen MR) is 70.8 cm³/mol. The van der Waals surface area contributed by atoms with E-state index in [1.807, 2.05) is 0 Å². The molecule has 17 heavy (non-hydrogen) atoms. The first-order chi connectivity index (χ1) is 8.11. The van der Waals surface area contributed by atoms with Crippen LogP contribution in [0.25, 0.3) is 0 Å². The number of hydrogen-bond donors (Lipinski definition) is 0. The fourth-order valence-electron chi connectivity index (χ4n) is 5.03. The van der Waals surface area contributed by atoms with E-state index in [1.165, 1.54) is 19.3 Å². The highest BCUT2D eigenvalue weighted by Crippen LogP contribution is 2.65. The lowest BCUT2D eigenvalue weighted by molar-refractivity contribution is -0.0993. The Morgan fingerprint density at radius 3 is 3.00 bits per heavy atom. The van der Waals surface area contributed by atoms with Crippen molar-refractivity contribution in [2.45, 2.75) is 57.7 Å². The fraction of sp³-hybridized carbons (Fsp3) is 0.750. The van der Waals surface area contributed by atoms with E-state index in [0.29, 0.717) is 11.5 Å². The molecule has 1 saturated heterocycles. The first kappa shape index (κ1) is 11.5. The van der Waals surface area contributed by atoms with Crippen molar-refractivity contribution in [2.24, 2.45) is 17.3 Å². The highest BCUT2D eigenvalue weighted by Gasteiger charge is 2.65. The molecule has 94 valence electrons. The van der Waals surface area contributed by atoms with E-state index in [2.05, 4.69) is 38.7 Å². The number of ether oxygens (including phenoxy) is 1. The molecule has 3 rings (SSSR count). The van der Waals surface area contributed by atoms with Gasteiger partial charge < -0.3 is 4.74 Å². The van der Waals surface area contributed by atoms with Crippen LogP contribution in [0.2, 0.25) is 0 Å². The largest absolute Gasteiger partial charge is 0.371 e. The van der Waals surface area contributed by atoms with Crippen LogP contribution in [0, 0.1) is 17.3 Å². The van der Waals surface area contributed by atoms with Gasteiger partial charge in [0.05, 0.1) is 11.7 Å². The second-order valence-corrected chi connectivity index (χ2v) is 6.59. The Bertz CT molecular complexity index is 359. The molecule has 1 heteroatoms. The van der Waals surface area contributed by atoms with Gasteiger partial charge in [0.15, 0.2) is 0 Å². The summed E-state index contributed by atoms with van der Waals surface area (Å²) in [6, 6.07) is 0. The molecular formula is C16H24O. The van der Waals surface area contributed by atoms with Crippen molar-refractivity contribution < 1.29 is 4.74 Å². The predicted octanol–water partition coefficient (Wildman–Crippen LogP) is 4.10. The number of allylic oxidation sites excluding steroid dienone is 2. The van der Waals surface area contributed by atoms with Crippen molar-refractivity contribution in [1.29, 1.82) is 0 Å². The second-order valence-electron chi connectivity index (χ2n) is 6.59. The third-order valence-electron chi connectivity index (χ3n) is 5.50. The highest BCUT2D eigenvalue weighted by atomic mass is 16.5. The Balaban J connectivity index is 1.99. The van der Waals surface area contributed by atoms with E-state index >= 15 is 0 Å². The van der Waals surface area contributed by atoms with E-state index in [1.54, 1.807) is 0 Å². The van der Waals surface area contributed by atoms with Crippen LogP contribution in [0.3, 0.4) is 0 Å². The van der Waals surface area contributed by atoms with Gasteiger partial charge in [-0.2, -0.15) is 0 Å². The summed E-state index contributed by atoms with van der Waals surface area (Å²) in [5.41, 5.74) is 0.546. The molecule has 2 aliphatic carbocycles. The summed E-state index contributed by atoms with van der Waals surface area (Å²) < 4.78 is 6.47. The lowest BCUT2D eigenvalue weighted by atomic mass is 9.68. The topological polar surface area (TPSA) is 9.23 Å². The van der Waals surface area contributed by atoms with Crippen LogP contribution >= 0.6 is 0 Å². The Morgan fingerprint density at radius 1 is 1.41 bits per heavy atom. The Kier molecular flexibility index (Phi) is 2.52. The summed E-state index contributed by atoms with van der Waals surface area (Å²) in [4.78, 5) is 0. The van der Waals surface area contributed by atoms with E-state index in [9.17, 15) is 0 Å². The second kappa shape index (κ2) is 3.71. The Morgan fingerprint density at radius 2 is 2.24 bits per heavy atom. The molecule has 1 spiro atoms. The zero-order valence-electron chi connectivity index (χ0n) is 11.1. The van der Waals surface area contributed by atoms with Gasteiger partial charge in [0.1, 0.15) is 0 Å². The summed E-state index contributed by atoms with van der Waals surface area (Å²) >= 11 is 0. The molecule has 0 amide bonds. The zero-order valence-corrected chi connectivity index (χ0v) is 11.1. The van der Waals surface area contributed by atoms with Gasteiger partial charge in [-0.15, -0.1) is 6.58 Å². The Hall–Kier alpha value is -0.560. The first-order valence-corrected chi connectivity index (χ1v) is 7.05. The van der Waals surface area contributed by atoms with Crippen LogP contribution < -0.4 is 0 Å². The normalized spacial score (nSPS) is 52.2. The van der Waals surface area contributed by atoms with Crippen LogP contribution in [0.15, 0.2) is 24.8 Å². The van der Waals surface area contributed by atoms with Crippen molar-refractivity contribution in [1.82, 2.24) is 0 Å². The maximum atomic E-state index is 6.47. The van der Waals surface area contributed by atoms with Gasteiger partial charge in [0, 0.05) is 0 Å². The molecule has 1 nitrogen and oxygen atoms in total. The van der Waals surface area contributed by atoms with Crippen molar-refractivity contribution in [3.05, 3.63) is 24.8 Å². The smallest absolute Gasteiger partial charge is 0.0808 e. The van der Waals surface area contributed by atoms with Gasteiger partial charge >= 0.3 is 0 Å². The summed E-state index contributed by atoms with van der Waals surface area (Å²) in [6.45, 7) is 8.64. The van der Waals surface area contributed by atoms with Crippen LogP contribution in [0.1, 0.15) is 46.0 Å². The standard InChI is InChI=1S/C16H24O/c1-4-7-13-11-15(3)10-12(2)17-16(15)9-6-5-8-14(13)16/h4-6,12-14H,1,7-11H2,2-3H3/t12-,13+,14+,15-,16+/m0/s1. The molecule has 0 N–H and O–H groups in total. The minimum atomic E-state index is 0.148. The molecule has 3 aliphatic rings. The van der Waals surface area contributed by atoms with E-state index in [-0.39, 0.29) is 5.60 Å². The quantitative estimate of drug-likeness (QED) is 0.651. The maximum absolute atomic E-state index is 6.47. The average molecular weight is 232 g/mol. The maximum Gasteiger partial charge on any atom is 0.0808 e. The van der Waals surface area contributed by atoms with E-state index in [0.717, 1.165) is 24.7 Å². The SMILES string of the molecule is C=CC[C@@H]1C[C@]2(C)C[C@H](C)O[C@@]23CC=CC[C@H]13. The minimum Gasteiger partial charge on any atom is -0.371 e. The van der Waals surface area contributed by atoms with Crippen molar-refractivity contribution in [3.63, 3.8) is 0 Å². The van der Waals surface area contributed by atoms with E-state index < -0.39 is 0 Å². The fourth-order valence-corrected chi connectivity index (χ4v) is 5.03. The molecule has 0 aromatic carbocycles. The third kappa shape index (κ3) is 1.41. The summed E-state index contributed by atoms with van der Waals surface area (Å²) in [6.07, 6.45) is 13.3. The molecule has 0 unspecified atom stereocenters. The van der Waals surface area contributed by atoms with Crippen LogP contribution in [-0.4, -0.2) is 11.7 Å². The van der Waals surface area contributed by atoms with Crippen LogP contribution in [0.5, 0.6) is 0 Å². The molecule has 0 aromatic heterocycles. The molecule has 0 radical (unpaired) electrons. The van der Waals surface area contributed by atoms with Gasteiger partial charge in [-0.05, 0) is 56.3 Å². The lowest BCUT2D eigenvalue weighted by Gasteiger charge is -2.42. The molecule has 5 atom stereocenters. The van der Waals surface area contributed by atoms with Gasteiger partial charge in [0.25, 0.3) is 0 Å². The molecule has 0 aromatic rings. The number of hydrogen-bond acceptors (Lipinski definition) is 1. The summed E-state index contributed by atoms with van der Waals surface area (Å²) in [5, 5.41) is 0. The third-order valence-corrected chi connectivity index (χ3v) is 5.50. The number of rotatable bonds is 2. The van der Waals surface area contributed by atoms with Crippen LogP contribution in [0.4, 0.5) is 0 Å². The monoisotopic (exact) mass is 232 g/mol. The molecule has 1 heterocycles. The summed E-state index contributed by atoms with van der Waals surface area (Å²) in [5.74, 6) is 1.51. The van der Waals surface area contributed by atoms with Gasteiger partial charge in [-0.25, -0.2) is 0 Å². The van der Waals surface area contributed by atoms with Crippen LogP contribution in [-0.2, 0) is 4.74 Å². The average Bonchev–Trinajstić information content (AvgIpc) is 2.62.